The molecule has 8 heteroatoms. The second-order valence-electron chi connectivity index (χ2n) is 10.9. The molecule has 2 fully saturated rings. The van der Waals surface area contributed by atoms with Gasteiger partial charge in [0.15, 0.2) is 0 Å². The maximum Gasteiger partial charge on any atom is 0.255 e. The van der Waals surface area contributed by atoms with Crippen molar-refractivity contribution in [3.63, 3.8) is 0 Å². The highest BCUT2D eigenvalue weighted by molar-refractivity contribution is 7.16. The Labute approximate surface area is 225 Å². The maximum atomic E-state index is 13.8. The van der Waals surface area contributed by atoms with Crippen molar-refractivity contribution in [1.29, 1.82) is 0 Å². The van der Waals surface area contributed by atoms with Gasteiger partial charge in [-0.3, -0.25) is 9.69 Å². The molecular formula is C29H42N4O3S. The van der Waals surface area contributed by atoms with Crippen molar-refractivity contribution in [2.24, 2.45) is 0 Å². The topological polar surface area (TPSA) is 58.1 Å². The minimum atomic E-state index is 0.147. The van der Waals surface area contributed by atoms with Gasteiger partial charge in [0.1, 0.15) is 0 Å². The van der Waals surface area contributed by atoms with Crippen molar-refractivity contribution in [2.75, 3.05) is 45.3 Å². The molecule has 2 aromatic rings. The first kappa shape index (κ1) is 26.4. The number of ether oxygens (including phenoxy) is 2. The number of hydrogen-bond donors (Lipinski definition) is 0. The van der Waals surface area contributed by atoms with Gasteiger partial charge in [-0.15, -0.1) is 11.3 Å². The van der Waals surface area contributed by atoms with E-state index in [4.69, 9.17) is 9.47 Å². The summed E-state index contributed by atoms with van der Waals surface area (Å²) in [5, 5.41) is 1.31. The smallest absolute Gasteiger partial charge is 0.255 e. The van der Waals surface area contributed by atoms with Crippen molar-refractivity contribution in [3.8, 4) is 5.88 Å². The highest BCUT2D eigenvalue weighted by Crippen LogP contribution is 2.42. The summed E-state index contributed by atoms with van der Waals surface area (Å²) in [5.74, 6) is 0.774. The third-order valence-electron chi connectivity index (χ3n) is 8.72. The molecule has 0 aromatic carbocycles. The zero-order valence-electron chi connectivity index (χ0n) is 23.3. The van der Waals surface area contributed by atoms with Crippen molar-refractivity contribution in [1.82, 2.24) is 14.8 Å². The van der Waals surface area contributed by atoms with Crippen LogP contribution in [0.1, 0.15) is 70.2 Å². The summed E-state index contributed by atoms with van der Waals surface area (Å²) in [6.07, 6.45) is 6.27. The minimum Gasteiger partial charge on any atom is -0.481 e. The number of fused-ring (bicyclic) bond motifs is 1. The quantitative estimate of drug-likeness (QED) is 0.495. The van der Waals surface area contributed by atoms with Crippen LogP contribution in [0.15, 0.2) is 6.07 Å². The van der Waals surface area contributed by atoms with Crippen LogP contribution in [-0.2, 0) is 17.7 Å². The van der Waals surface area contributed by atoms with Crippen molar-refractivity contribution in [3.05, 3.63) is 38.9 Å². The summed E-state index contributed by atoms with van der Waals surface area (Å²) in [4.78, 5) is 26.7. The molecule has 0 N–H and O–H groups in total. The summed E-state index contributed by atoms with van der Waals surface area (Å²) < 4.78 is 11.1. The van der Waals surface area contributed by atoms with E-state index in [1.54, 1.807) is 7.11 Å². The van der Waals surface area contributed by atoms with E-state index in [1.165, 1.54) is 35.6 Å². The van der Waals surface area contributed by atoms with E-state index in [9.17, 15) is 4.79 Å². The predicted octanol–water partition coefficient (Wildman–Crippen LogP) is 4.74. The molecule has 3 aliphatic rings. The van der Waals surface area contributed by atoms with Gasteiger partial charge in [-0.25, -0.2) is 4.98 Å². The number of methoxy groups -OCH3 is 2. The molecule has 5 rings (SSSR count). The number of likely N-dealkylation sites (tertiary alicyclic amines) is 1. The average molecular weight is 527 g/mol. The van der Waals surface area contributed by atoms with E-state index < -0.39 is 0 Å². The molecular weight excluding hydrogens is 484 g/mol. The van der Waals surface area contributed by atoms with Crippen LogP contribution < -0.4 is 9.64 Å². The van der Waals surface area contributed by atoms with Gasteiger partial charge < -0.3 is 19.3 Å². The summed E-state index contributed by atoms with van der Waals surface area (Å²) >= 11 is 1.85. The number of aromatic nitrogens is 1. The summed E-state index contributed by atoms with van der Waals surface area (Å²) in [6.45, 7) is 12.9. The van der Waals surface area contributed by atoms with Gasteiger partial charge in [0, 0.05) is 67.9 Å². The third-order valence-corrected chi connectivity index (χ3v) is 10.1. The van der Waals surface area contributed by atoms with Gasteiger partial charge in [-0.2, -0.15) is 0 Å². The van der Waals surface area contributed by atoms with Gasteiger partial charge >= 0.3 is 0 Å². The van der Waals surface area contributed by atoms with Crippen LogP contribution >= 0.6 is 11.3 Å². The molecule has 4 heterocycles. The molecule has 0 radical (unpaired) electrons. The van der Waals surface area contributed by atoms with E-state index >= 15 is 0 Å². The Kier molecular flexibility index (Phi) is 7.80. The standard InChI is InChI=1S/C29H42N4O3S/c1-7-33(22-10-8-21(9-11-22)32-15-23(16-32)35-5)29-20(4)26-25(37-29)12-13-31(28(26)34)17-24-18(2)14-19(3)30-27(24)36-6/h14,21-23H,7-13,15-17H2,1-6H3. The molecule has 0 atom stereocenters. The lowest BCUT2D eigenvalue weighted by atomic mass is 9.87. The number of aryl methyl sites for hydroxylation is 2. The van der Waals surface area contributed by atoms with E-state index in [2.05, 4.69) is 41.6 Å². The summed E-state index contributed by atoms with van der Waals surface area (Å²) in [6, 6.07) is 3.32. The lowest BCUT2D eigenvalue weighted by molar-refractivity contribution is -0.0578. The zero-order chi connectivity index (χ0) is 26.3. The Balaban J connectivity index is 1.30. The van der Waals surface area contributed by atoms with Crippen LogP contribution in [0.4, 0.5) is 5.00 Å². The Bertz CT molecular complexity index is 1130. The summed E-state index contributed by atoms with van der Waals surface area (Å²) in [5.41, 5.74) is 5.15. The van der Waals surface area contributed by atoms with Crippen molar-refractivity contribution >= 4 is 22.2 Å². The minimum absolute atomic E-state index is 0.147. The fraction of sp³-hybridized carbons (Fsp3) is 0.655. The number of pyridine rings is 1. The lowest BCUT2D eigenvalue weighted by Gasteiger charge is -2.47. The van der Waals surface area contributed by atoms with Crippen LogP contribution in [0.2, 0.25) is 0 Å². The van der Waals surface area contributed by atoms with E-state index in [1.807, 2.05) is 30.3 Å². The molecule has 1 saturated heterocycles. The van der Waals surface area contributed by atoms with Crippen LogP contribution in [-0.4, -0.2) is 79.3 Å². The number of amides is 1. The number of carbonyl (C=O) groups excluding carboxylic acids is 1. The molecule has 37 heavy (non-hydrogen) atoms. The van der Waals surface area contributed by atoms with Crippen molar-refractivity contribution < 1.29 is 14.3 Å². The fourth-order valence-corrected chi connectivity index (χ4v) is 7.96. The lowest BCUT2D eigenvalue weighted by Crippen LogP contribution is -2.57. The average Bonchev–Trinajstić information content (AvgIpc) is 3.19. The van der Waals surface area contributed by atoms with Crippen LogP contribution in [0.25, 0.3) is 0 Å². The Morgan fingerprint density at radius 3 is 2.51 bits per heavy atom. The normalized spacial score (nSPS) is 22.6. The number of hydrogen-bond acceptors (Lipinski definition) is 7. The number of carbonyl (C=O) groups is 1. The van der Waals surface area contributed by atoms with Gasteiger partial charge in [0.2, 0.25) is 5.88 Å². The largest absolute Gasteiger partial charge is 0.481 e. The first-order valence-electron chi connectivity index (χ1n) is 13.8. The molecule has 202 valence electrons. The first-order valence-corrected chi connectivity index (χ1v) is 14.6. The number of anilines is 1. The third kappa shape index (κ3) is 5.00. The SMILES string of the molecule is CCN(c1sc2c(c1C)C(=O)N(Cc1c(C)cc(C)nc1OC)CC2)C1CCC(N2CC(OC)C2)CC1. The molecule has 0 spiro atoms. The number of rotatable bonds is 8. The van der Waals surface area contributed by atoms with Gasteiger partial charge in [0.05, 0.1) is 30.3 Å². The molecule has 2 aromatic heterocycles. The number of nitrogens with zero attached hydrogens (tertiary/aromatic N) is 4. The Hall–Kier alpha value is -2.16. The van der Waals surface area contributed by atoms with Gasteiger partial charge in [0.25, 0.3) is 5.91 Å². The van der Waals surface area contributed by atoms with E-state index in [-0.39, 0.29) is 5.91 Å². The predicted molar refractivity (Wildman–Crippen MR) is 149 cm³/mol. The Morgan fingerprint density at radius 2 is 1.86 bits per heavy atom. The molecule has 1 saturated carbocycles. The first-order chi connectivity index (χ1) is 17.8. The van der Waals surface area contributed by atoms with Crippen molar-refractivity contribution in [2.45, 2.75) is 84.5 Å². The molecule has 0 unspecified atom stereocenters. The highest BCUT2D eigenvalue weighted by atomic mass is 32.1. The van der Waals surface area contributed by atoms with Crippen LogP contribution in [0.3, 0.4) is 0 Å². The second-order valence-corrected chi connectivity index (χ2v) is 12.0. The highest BCUT2D eigenvalue weighted by Gasteiger charge is 2.37. The molecule has 1 aliphatic carbocycles. The van der Waals surface area contributed by atoms with Gasteiger partial charge in [-0.1, -0.05) is 0 Å². The summed E-state index contributed by atoms with van der Waals surface area (Å²) in [7, 11) is 3.48. The molecule has 2 aliphatic heterocycles. The van der Waals surface area contributed by atoms with Gasteiger partial charge in [-0.05, 0) is 70.6 Å². The second kappa shape index (κ2) is 10.9. The van der Waals surface area contributed by atoms with Crippen LogP contribution in [0, 0.1) is 20.8 Å². The fourth-order valence-electron chi connectivity index (χ4n) is 6.54. The monoisotopic (exact) mass is 526 g/mol. The maximum absolute atomic E-state index is 13.8. The number of thiophene rings is 1. The van der Waals surface area contributed by atoms with Crippen LogP contribution in [0.5, 0.6) is 5.88 Å². The van der Waals surface area contributed by atoms with E-state index in [0.717, 1.165) is 60.5 Å². The molecule has 1 amide bonds. The van der Waals surface area contributed by atoms with E-state index in [0.29, 0.717) is 30.6 Å². The molecule has 0 bridgehead atoms. The Morgan fingerprint density at radius 1 is 1.14 bits per heavy atom. The molecule has 7 nitrogen and oxygen atoms in total. The zero-order valence-corrected chi connectivity index (χ0v) is 24.1.